The van der Waals surface area contributed by atoms with E-state index in [1.54, 1.807) is 37.4 Å². The number of nitrogens with one attached hydrogen (secondary N) is 1. The monoisotopic (exact) mass is 324 g/mol. The molecule has 7 nitrogen and oxygen atoms in total. The van der Waals surface area contributed by atoms with Gasteiger partial charge in [0.05, 0.1) is 18.5 Å². The maximum Gasteiger partial charge on any atom is 0.267 e. The molecule has 0 radical (unpaired) electrons. The summed E-state index contributed by atoms with van der Waals surface area (Å²) in [7, 11) is 0. The van der Waals surface area contributed by atoms with E-state index in [1.165, 1.54) is 12.3 Å². The molecule has 3 aromatic heterocycles. The standard InChI is InChI=1S/C17H16N4O3/c1-12(17(23)19-11-13-5-2-3-9-18-13)21-16(22)8-7-14(20-21)15-6-4-10-24-15/h2-10,12H,11H2,1H3,(H,19,23)/t12-/m1/s1. The molecular weight excluding hydrogens is 308 g/mol. The molecule has 0 saturated carbocycles. The fourth-order valence-electron chi connectivity index (χ4n) is 2.20. The van der Waals surface area contributed by atoms with E-state index in [0.29, 0.717) is 11.5 Å². The second-order valence-corrected chi connectivity index (χ2v) is 5.19. The zero-order valence-electron chi connectivity index (χ0n) is 13.0. The Morgan fingerprint density at radius 2 is 2.12 bits per heavy atom. The zero-order chi connectivity index (χ0) is 16.9. The summed E-state index contributed by atoms with van der Waals surface area (Å²) >= 11 is 0. The SMILES string of the molecule is C[C@H](C(=O)NCc1ccccn1)n1nc(-c2ccco2)ccc1=O. The van der Waals surface area contributed by atoms with Crippen molar-refractivity contribution in [3.05, 3.63) is 71.0 Å². The lowest BCUT2D eigenvalue weighted by Gasteiger charge is -2.14. The van der Waals surface area contributed by atoms with E-state index in [9.17, 15) is 9.59 Å². The van der Waals surface area contributed by atoms with Crippen molar-refractivity contribution in [2.45, 2.75) is 19.5 Å². The summed E-state index contributed by atoms with van der Waals surface area (Å²) in [5.74, 6) is 0.219. The first kappa shape index (κ1) is 15.7. The van der Waals surface area contributed by atoms with Gasteiger partial charge in [-0.05, 0) is 37.3 Å². The van der Waals surface area contributed by atoms with Crippen molar-refractivity contribution in [2.75, 3.05) is 0 Å². The van der Waals surface area contributed by atoms with Crippen LogP contribution < -0.4 is 10.9 Å². The second kappa shape index (κ2) is 6.91. The number of carbonyl (C=O) groups is 1. The number of furan rings is 1. The Hall–Kier alpha value is -3.22. The molecule has 0 bridgehead atoms. The molecule has 0 fully saturated rings. The van der Waals surface area contributed by atoms with Gasteiger partial charge in [-0.15, -0.1) is 0 Å². The van der Waals surface area contributed by atoms with Crippen LogP contribution in [0.3, 0.4) is 0 Å². The molecule has 0 unspecified atom stereocenters. The van der Waals surface area contributed by atoms with Crippen LogP contribution in [-0.2, 0) is 11.3 Å². The van der Waals surface area contributed by atoms with Crippen LogP contribution in [0.25, 0.3) is 11.5 Å². The Kier molecular flexibility index (Phi) is 4.51. The molecule has 3 rings (SSSR count). The van der Waals surface area contributed by atoms with Crippen LogP contribution in [0.5, 0.6) is 0 Å². The molecule has 0 aromatic carbocycles. The third kappa shape index (κ3) is 3.40. The van der Waals surface area contributed by atoms with E-state index >= 15 is 0 Å². The van der Waals surface area contributed by atoms with Crippen molar-refractivity contribution in [3.63, 3.8) is 0 Å². The number of amides is 1. The minimum absolute atomic E-state index is 0.288. The lowest BCUT2D eigenvalue weighted by molar-refractivity contribution is -0.124. The van der Waals surface area contributed by atoms with Crippen LogP contribution in [-0.4, -0.2) is 20.7 Å². The predicted molar refractivity (Wildman–Crippen MR) is 87.0 cm³/mol. The molecule has 1 amide bonds. The summed E-state index contributed by atoms with van der Waals surface area (Å²) < 4.78 is 6.42. The molecule has 7 heteroatoms. The van der Waals surface area contributed by atoms with E-state index in [4.69, 9.17) is 4.42 Å². The summed E-state index contributed by atoms with van der Waals surface area (Å²) in [6, 6.07) is 11.1. The summed E-state index contributed by atoms with van der Waals surface area (Å²) in [6.45, 7) is 1.91. The lowest BCUT2D eigenvalue weighted by Crippen LogP contribution is -2.36. The quantitative estimate of drug-likeness (QED) is 0.772. The summed E-state index contributed by atoms with van der Waals surface area (Å²) in [6.07, 6.45) is 3.18. The van der Waals surface area contributed by atoms with Gasteiger partial charge in [-0.2, -0.15) is 5.10 Å². The highest BCUT2D eigenvalue weighted by molar-refractivity contribution is 5.79. The Bertz CT molecular complexity index is 872. The second-order valence-electron chi connectivity index (χ2n) is 5.19. The van der Waals surface area contributed by atoms with Crippen molar-refractivity contribution in [1.82, 2.24) is 20.1 Å². The molecule has 1 atom stereocenters. The van der Waals surface area contributed by atoms with Gasteiger partial charge in [-0.25, -0.2) is 4.68 Å². The van der Waals surface area contributed by atoms with E-state index in [1.807, 2.05) is 12.1 Å². The van der Waals surface area contributed by atoms with E-state index in [0.717, 1.165) is 10.4 Å². The van der Waals surface area contributed by atoms with Gasteiger partial charge < -0.3 is 9.73 Å². The van der Waals surface area contributed by atoms with Crippen molar-refractivity contribution >= 4 is 5.91 Å². The van der Waals surface area contributed by atoms with Crippen LogP contribution >= 0.6 is 0 Å². The average Bonchev–Trinajstić information content (AvgIpc) is 3.15. The number of rotatable bonds is 5. The minimum atomic E-state index is -0.754. The third-order valence-corrected chi connectivity index (χ3v) is 3.51. The van der Waals surface area contributed by atoms with Gasteiger partial charge in [0, 0.05) is 12.3 Å². The number of carbonyl (C=O) groups excluding carboxylic acids is 1. The third-order valence-electron chi connectivity index (χ3n) is 3.51. The van der Waals surface area contributed by atoms with Gasteiger partial charge in [0.25, 0.3) is 5.56 Å². The highest BCUT2D eigenvalue weighted by Crippen LogP contribution is 2.16. The van der Waals surface area contributed by atoms with Gasteiger partial charge >= 0.3 is 0 Å². The molecule has 3 aromatic rings. The first-order valence-corrected chi connectivity index (χ1v) is 7.46. The lowest BCUT2D eigenvalue weighted by atomic mass is 10.2. The first-order valence-electron chi connectivity index (χ1n) is 7.46. The van der Waals surface area contributed by atoms with Crippen LogP contribution in [0.4, 0.5) is 0 Å². The molecule has 3 heterocycles. The minimum Gasteiger partial charge on any atom is -0.463 e. The van der Waals surface area contributed by atoms with Crippen molar-refractivity contribution in [3.8, 4) is 11.5 Å². The highest BCUT2D eigenvalue weighted by Gasteiger charge is 2.18. The summed E-state index contributed by atoms with van der Waals surface area (Å²) in [5.41, 5.74) is 0.873. The molecule has 24 heavy (non-hydrogen) atoms. The Morgan fingerprint density at radius 3 is 2.83 bits per heavy atom. The fraction of sp³-hybridized carbons (Fsp3) is 0.176. The summed E-state index contributed by atoms with van der Waals surface area (Å²) in [4.78, 5) is 28.5. The topological polar surface area (TPSA) is 90.0 Å². The molecule has 0 spiro atoms. The van der Waals surface area contributed by atoms with Gasteiger partial charge in [-0.3, -0.25) is 14.6 Å². The molecule has 0 aliphatic rings. The van der Waals surface area contributed by atoms with E-state index in [2.05, 4.69) is 15.4 Å². The van der Waals surface area contributed by atoms with Gasteiger partial charge in [0.15, 0.2) is 5.76 Å². The maximum atomic E-state index is 12.3. The smallest absolute Gasteiger partial charge is 0.267 e. The van der Waals surface area contributed by atoms with Gasteiger partial charge in [0.2, 0.25) is 5.91 Å². The zero-order valence-corrected chi connectivity index (χ0v) is 13.0. The fourth-order valence-corrected chi connectivity index (χ4v) is 2.20. The molecular formula is C17H16N4O3. The first-order chi connectivity index (χ1) is 11.6. The van der Waals surface area contributed by atoms with Crippen molar-refractivity contribution in [2.24, 2.45) is 0 Å². The summed E-state index contributed by atoms with van der Waals surface area (Å²) in [5, 5.41) is 6.98. The van der Waals surface area contributed by atoms with Crippen molar-refractivity contribution < 1.29 is 9.21 Å². The number of aromatic nitrogens is 3. The Balaban J connectivity index is 1.76. The van der Waals surface area contributed by atoms with E-state index < -0.39 is 6.04 Å². The molecule has 0 aliphatic heterocycles. The van der Waals surface area contributed by atoms with Gasteiger partial charge in [0.1, 0.15) is 11.7 Å². The number of hydrogen-bond acceptors (Lipinski definition) is 5. The maximum absolute atomic E-state index is 12.3. The highest BCUT2D eigenvalue weighted by atomic mass is 16.3. The van der Waals surface area contributed by atoms with Crippen LogP contribution in [0.2, 0.25) is 0 Å². The Labute approximate surface area is 138 Å². The largest absolute Gasteiger partial charge is 0.463 e. The molecule has 0 aliphatic carbocycles. The number of nitrogens with zero attached hydrogens (tertiary/aromatic N) is 3. The van der Waals surface area contributed by atoms with Crippen LogP contribution in [0.1, 0.15) is 18.7 Å². The van der Waals surface area contributed by atoms with Crippen molar-refractivity contribution in [1.29, 1.82) is 0 Å². The molecule has 122 valence electrons. The molecule has 0 saturated heterocycles. The van der Waals surface area contributed by atoms with Gasteiger partial charge in [-0.1, -0.05) is 6.07 Å². The van der Waals surface area contributed by atoms with Crippen LogP contribution in [0.15, 0.2) is 64.1 Å². The number of hydrogen-bond donors (Lipinski definition) is 1. The number of pyridine rings is 1. The Morgan fingerprint density at radius 1 is 1.25 bits per heavy atom. The molecule has 1 N–H and O–H groups in total. The normalized spacial score (nSPS) is 11.9. The average molecular weight is 324 g/mol. The van der Waals surface area contributed by atoms with Crippen LogP contribution in [0, 0.1) is 0 Å². The van der Waals surface area contributed by atoms with E-state index in [-0.39, 0.29) is 18.0 Å². The predicted octanol–water partition coefficient (Wildman–Crippen LogP) is 1.78.